The molecule has 0 radical (unpaired) electrons. The second-order valence-corrected chi connectivity index (χ2v) is 3.01. The van der Waals surface area contributed by atoms with Crippen LogP contribution in [0.25, 0.3) is 0 Å². The molecule has 3 heteroatoms. The third-order valence-electron chi connectivity index (χ3n) is 1.80. The minimum atomic E-state index is 0.634. The van der Waals surface area contributed by atoms with Gasteiger partial charge in [-0.1, -0.05) is 19.1 Å². The van der Waals surface area contributed by atoms with Crippen molar-refractivity contribution in [1.82, 2.24) is 0 Å². The van der Waals surface area contributed by atoms with Crippen molar-refractivity contribution < 1.29 is 9.53 Å². The van der Waals surface area contributed by atoms with Crippen LogP contribution in [0.3, 0.4) is 0 Å². The molecule has 1 aromatic rings. The van der Waals surface area contributed by atoms with E-state index in [0.29, 0.717) is 13.0 Å². The molecule has 0 heterocycles. The lowest BCUT2D eigenvalue weighted by atomic mass is 10.2. The molecule has 0 spiro atoms. The summed E-state index contributed by atoms with van der Waals surface area (Å²) in [5, 5.41) is 2.58. The van der Waals surface area contributed by atoms with Crippen LogP contribution in [-0.2, 0) is 16.1 Å². The van der Waals surface area contributed by atoms with Gasteiger partial charge >= 0.3 is 0 Å². The fraction of sp³-hybridized carbons (Fsp3) is 0.364. The standard InChI is InChI=1S/C11H15NO2/c1-2-7-14-8-10-3-5-11(6-4-10)12-9-13/h3-6,9H,2,7-8H2,1H3,(H,12,13). The molecule has 1 amide bonds. The summed E-state index contributed by atoms with van der Waals surface area (Å²) in [4.78, 5) is 10.1. The average molecular weight is 193 g/mol. The van der Waals surface area contributed by atoms with Crippen molar-refractivity contribution in [2.45, 2.75) is 20.0 Å². The Morgan fingerprint density at radius 3 is 2.64 bits per heavy atom. The summed E-state index contributed by atoms with van der Waals surface area (Å²) in [6.07, 6.45) is 1.70. The summed E-state index contributed by atoms with van der Waals surface area (Å²) in [6, 6.07) is 7.61. The lowest BCUT2D eigenvalue weighted by Crippen LogP contribution is -1.96. The quantitative estimate of drug-likeness (QED) is 0.555. The molecule has 0 unspecified atom stereocenters. The number of ether oxygens (including phenoxy) is 1. The van der Waals surface area contributed by atoms with E-state index in [2.05, 4.69) is 12.2 Å². The van der Waals surface area contributed by atoms with Crippen molar-refractivity contribution in [1.29, 1.82) is 0 Å². The van der Waals surface area contributed by atoms with Crippen LogP contribution in [0.2, 0.25) is 0 Å². The van der Waals surface area contributed by atoms with E-state index in [-0.39, 0.29) is 0 Å². The zero-order valence-electron chi connectivity index (χ0n) is 8.32. The van der Waals surface area contributed by atoms with Crippen LogP contribution < -0.4 is 5.32 Å². The van der Waals surface area contributed by atoms with Gasteiger partial charge in [0.25, 0.3) is 0 Å². The summed E-state index contributed by atoms with van der Waals surface area (Å²) in [6.45, 7) is 3.50. The van der Waals surface area contributed by atoms with Gasteiger partial charge in [-0.3, -0.25) is 4.79 Å². The Labute approximate surface area is 84.1 Å². The van der Waals surface area contributed by atoms with Crippen molar-refractivity contribution in [3.8, 4) is 0 Å². The molecule has 3 nitrogen and oxygen atoms in total. The maximum Gasteiger partial charge on any atom is 0.211 e. The average Bonchev–Trinajstić information content (AvgIpc) is 2.21. The molecule has 0 saturated carbocycles. The summed E-state index contributed by atoms with van der Waals surface area (Å²) < 4.78 is 5.38. The summed E-state index contributed by atoms with van der Waals surface area (Å²) in [7, 11) is 0. The monoisotopic (exact) mass is 193 g/mol. The zero-order chi connectivity index (χ0) is 10.2. The van der Waals surface area contributed by atoms with Crippen LogP contribution in [0.4, 0.5) is 5.69 Å². The molecule has 0 atom stereocenters. The van der Waals surface area contributed by atoms with Gasteiger partial charge in [-0.2, -0.15) is 0 Å². The Bertz CT molecular complexity index is 269. The van der Waals surface area contributed by atoms with Gasteiger partial charge in [0.05, 0.1) is 6.61 Å². The van der Waals surface area contributed by atoms with Crippen molar-refractivity contribution in [3.63, 3.8) is 0 Å². The number of nitrogens with one attached hydrogen (secondary N) is 1. The van der Waals surface area contributed by atoms with E-state index in [9.17, 15) is 4.79 Å². The predicted octanol–water partition coefficient (Wildman–Crippen LogP) is 2.18. The second-order valence-electron chi connectivity index (χ2n) is 3.01. The Balaban J connectivity index is 2.42. The first-order valence-corrected chi connectivity index (χ1v) is 4.73. The number of benzene rings is 1. The van der Waals surface area contributed by atoms with E-state index in [4.69, 9.17) is 4.74 Å². The number of carbonyl (C=O) groups is 1. The minimum Gasteiger partial charge on any atom is -0.377 e. The molecule has 0 saturated heterocycles. The van der Waals surface area contributed by atoms with Crippen LogP contribution in [0.5, 0.6) is 0 Å². The molecule has 14 heavy (non-hydrogen) atoms. The number of amides is 1. The molecule has 0 fully saturated rings. The predicted molar refractivity (Wildman–Crippen MR) is 56.1 cm³/mol. The van der Waals surface area contributed by atoms with Gasteiger partial charge in [-0.05, 0) is 24.1 Å². The third-order valence-corrected chi connectivity index (χ3v) is 1.80. The maximum absolute atomic E-state index is 10.1. The molecule has 1 rings (SSSR count). The first kappa shape index (κ1) is 10.7. The van der Waals surface area contributed by atoms with Crippen LogP contribution in [0.15, 0.2) is 24.3 Å². The van der Waals surface area contributed by atoms with Crippen molar-refractivity contribution >= 4 is 12.1 Å². The van der Waals surface area contributed by atoms with Gasteiger partial charge in [-0.25, -0.2) is 0 Å². The molecule has 76 valence electrons. The van der Waals surface area contributed by atoms with Crippen LogP contribution >= 0.6 is 0 Å². The van der Waals surface area contributed by atoms with Crippen LogP contribution in [-0.4, -0.2) is 13.0 Å². The highest BCUT2D eigenvalue weighted by Gasteiger charge is 1.93. The number of anilines is 1. The van der Waals surface area contributed by atoms with Gasteiger partial charge in [0.2, 0.25) is 6.41 Å². The number of carbonyl (C=O) groups excluding carboxylic acids is 1. The summed E-state index contributed by atoms with van der Waals surface area (Å²) in [5.41, 5.74) is 1.93. The number of hydrogen-bond donors (Lipinski definition) is 1. The molecule has 1 aromatic carbocycles. The van der Waals surface area contributed by atoms with Gasteiger partial charge in [0.15, 0.2) is 0 Å². The van der Waals surface area contributed by atoms with E-state index in [0.717, 1.165) is 24.3 Å². The third kappa shape index (κ3) is 3.58. The molecule has 1 N–H and O–H groups in total. The lowest BCUT2D eigenvalue weighted by molar-refractivity contribution is -0.105. The first-order chi connectivity index (χ1) is 6.86. The molecule has 0 bridgehead atoms. The lowest BCUT2D eigenvalue weighted by Gasteiger charge is -2.03. The Morgan fingerprint density at radius 2 is 2.07 bits per heavy atom. The maximum atomic E-state index is 10.1. The Morgan fingerprint density at radius 1 is 1.36 bits per heavy atom. The SMILES string of the molecule is CCCOCc1ccc(NC=O)cc1. The normalized spacial score (nSPS) is 9.79. The van der Waals surface area contributed by atoms with E-state index in [1.807, 2.05) is 24.3 Å². The van der Waals surface area contributed by atoms with E-state index < -0.39 is 0 Å². The topological polar surface area (TPSA) is 38.3 Å². The van der Waals surface area contributed by atoms with Gasteiger partial charge < -0.3 is 10.1 Å². The molecule has 0 aliphatic carbocycles. The highest BCUT2D eigenvalue weighted by Crippen LogP contribution is 2.09. The Kier molecular flexibility index (Phi) is 4.72. The van der Waals surface area contributed by atoms with Gasteiger partial charge in [0.1, 0.15) is 0 Å². The molecular weight excluding hydrogens is 178 g/mol. The van der Waals surface area contributed by atoms with Gasteiger partial charge in [-0.15, -0.1) is 0 Å². The smallest absolute Gasteiger partial charge is 0.211 e. The fourth-order valence-corrected chi connectivity index (χ4v) is 1.10. The van der Waals surface area contributed by atoms with E-state index in [1.165, 1.54) is 0 Å². The van der Waals surface area contributed by atoms with Crippen LogP contribution in [0.1, 0.15) is 18.9 Å². The summed E-state index contributed by atoms with van der Waals surface area (Å²) in [5.74, 6) is 0. The molecule has 0 aliphatic heterocycles. The number of hydrogen-bond acceptors (Lipinski definition) is 2. The van der Waals surface area contributed by atoms with Crippen LogP contribution in [0, 0.1) is 0 Å². The largest absolute Gasteiger partial charge is 0.377 e. The fourth-order valence-electron chi connectivity index (χ4n) is 1.10. The van der Waals surface area contributed by atoms with Crippen molar-refractivity contribution in [2.24, 2.45) is 0 Å². The van der Waals surface area contributed by atoms with E-state index >= 15 is 0 Å². The zero-order valence-corrected chi connectivity index (χ0v) is 8.32. The highest BCUT2D eigenvalue weighted by atomic mass is 16.5. The van der Waals surface area contributed by atoms with Gasteiger partial charge in [0, 0.05) is 12.3 Å². The van der Waals surface area contributed by atoms with E-state index in [1.54, 1.807) is 0 Å². The second kappa shape index (κ2) is 6.16. The first-order valence-electron chi connectivity index (χ1n) is 4.73. The Hall–Kier alpha value is -1.35. The van der Waals surface area contributed by atoms with Crippen molar-refractivity contribution in [2.75, 3.05) is 11.9 Å². The molecule has 0 aliphatic rings. The summed E-state index contributed by atoms with van der Waals surface area (Å²) >= 11 is 0. The highest BCUT2D eigenvalue weighted by molar-refractivity contribution is 5.70. The molecular formula is C11H15NO2. The number of rotatable bonds is 6. The molecule has 0 aromatic heterocycles. The minimum absolute atomic E-state index is 0.634. The van der Waals surface area contributed by atoms with Crippen molar-refractivity contribution in [3.05, 3.63) is 29.8 Å².